The number of nitrogens with zero attached hydrogens (tertiary/aromatic N) is 1. The maximum Gasteiger partial charge on any atom is 0.254 e. The first-order chi connectivity index (χ1) is 13.3. The highest BCUT2D eigenvalue weighted by molar-refractivity contribution is 5.95. The number of benzene rings is 1. The van der Waals surface area contributed by atoms with Crippen molar-refractivity contribution in [3.05, 3.63) is 29.1 Å². The summed E-state index contributed by atoms with van der Waals surface area (Å²) in [5.41, 5.74) is -0.604. The van der Waals surface area contributed by atoms with Crippen LogP contribution < -0.4 is 20.7 Å². The van der Waals surface area contributed by atoms with Crippen molar-refractivity contribution in [2.24, 2.45) is 0 Å². The molecule has 154 valence electrons. The highest BCUT2D eigenvalue weighted by atomic mass is 19.2. The van der Waals surface area contributed by atoms with E-state index >= 15 is 0 Å². The number of methoxy groups -OCH3 is 1. The Bertz CT molecular complexity index is 769. The summed E-state index contributed by atoms with van der Waals surface area (Å²) in [6.07, 6.45) is 1.29. The number of likely N-dealkylation sites (tertiary alicyclic amines) is 1. The van der Waals surface area contributed by atoms with E-state index in [0.717, 1.165) is 7.11 Å². The van der Waals surface area contributed by atoms with Gasteiger partial charge in [-0.2, -0.15) is 4.39 Å². The van der Waals surface area contributed by atoms with E-state index in [2.05, 4.69) is 25.6 Å². The number of hydrogen-bond acceptors (Lipinski definition) is 5. The fourth-order valence-electron chi connectivity index (χ4n) is 3.55. The molecule has 0 saturated carbocycles. The minimum absolute atomic E-state index is 0.0190. The van der Waals surface area contributed by atoms with Gasteiger partial charge >= 0.3 is 0 Å². The number of carbonyl (C=O) groups excluding carboxylic acids is 2. The molecule has 0 radical (unpaired) electrons. The van der Waals surface area contributed by atoms with Crippen LogP contribution in [0.25, 0.3) is 0 Å². The van der Waals surface area contributed by atoms with Gasteiger partial charge in [-0.15, -0.1) is 0 Å². The molecule has 0 aromatic heterocycles. The largest absolute Gasteiger partial charge is 0.491 e. The van der Waals surface area contributed by atoms with Crippen molar-refractivity contribution >= 4 is 11.8 Å². The molecule has 2 atom stereocenters. The van der Waals surface area contributed by atoms with Crippen LogP contribution in [0.15, 0.2) is 6.07 Å². The van der Waals surface area contributed by atoms with Crippen LogP contribution in [-0.4, -0.2) is 55.3 Å². The van der Waals surface area contributed by atoms with Crippen LogP contribution >= 0.6 is 0 Å². The molecule has 2 fully saturated rings. The molecule has 2 unspecified atom stereocenters. The third-order valence-electron chi connectivity index (χ3n) is 5.03. The van der Waals surface area contributed by atoms with Gasteiger partial charge in [-0.3, -0.25) is 19.8 Å². The molecule has 2 aliphatic heterocycles. The molecular formula is C18H23F3N4O3. The van der Waals surface area contributed by atoms with Gasteiger partial charge in [0.05, 0.1) is 12.7 Å². The average Bonchev–Trinajstić information content (AvgIpc) is 2.65. The van der Waals surface area contributed by atoms with E-state index < -0.39 is 34.7 Å². The van der Waals surface area contributed by atoms with Crippen LogP contribution in [0.1, 0.15) is 36.5 Å². The molecule has 2 aliphatic rings. The highest BCUT2D eigenvalue weighted by Crippen LogP contribution is 2.27. The van der Waals surface area contributed by atoms with Gasteiger partial charge in [0.15, 0.2) is 17.4 Å². The fraction of sp³-hybridized carbons (Fsp3) is 0.556. The van der Waals surface area contributed by atoms with Gasteiger partial charge in [0, 0.05) is 31.6 Å². The fourth-order valence-corrected chi connectivity index (χ4v) is 3.55. The number of ether oxygens (including phenoxy) is 1. The van der Waals surface area contributed by atoms with Crippen molar-refractivity contribution in [1.82, 2.24) is 20.9 Å². The SMILES string of the molecule is COc1c(F)c(F)cc(C(=O)NC2CCN(C3NC(=O)CC(C)N3)CC2)c1F. The Hall–Kier alpha value is -2.33. The third kappa shape index (κ3) is 4.22. The quantitative estimate of drug-likeness (QED) is 0.659. The van der Waals surface area contributed by atoms with E-state index in [4.69, 9.17) is 0 Å². The van der Waals surface area contributed by atoms with Gasteiger partial charge in [-0.1, -0.05) is 0 Å². The number of hydrogen-bond donors (Lipinski definition) is 3. The van der Waals surface area contributed by atoms with Crippen molar-refractivity contribution in [1.29, 1.82) is 0 Å². The molecule has 2 heterocycles. The summed E-state index contributed by atoms with van der Waals surface area (Å²) in [6, 6.07) is 0.349. The maximum absolute atomic E-state index is 14.2. The van der Waals surface area contributed by atoms with Gasteiger partial charge in [-0.25, -0.2) is 8.78 Å². The van der Waals surface area contributed by atoms with Crippen molar-refractivity contribution < 1.29 is 27.5 Å². The molecule has 7 nitrogen and oxygen atoms in total. The first-order valence-corrected chi connectivity index (χ1v) is 9.12. The number of rotatable bonds is 4. The van der Waals surface area contributed by atoms with Crippen molar-refractivity contribution in [2.45, 2.75) is 44.6 Å². The lowest BCUT2D eigenvalue weighted by Crippen LogP contribution is -2.65. The summed E-state index contributed by atoms with van der Waals surface area (Å²) >= 11 is 0. The third-order valence-corrected chi connectivity index (χ3v) is 5.03. The summed E-state index contributed by atoms with van der Waals surface area (Å²) in [6.45, 7) is 3.13. The summed E-state index contributed by atoms with van der Waals surface area (Å²) in [5, 5.41) is 8.83. The predicted octanol–water partition coefficient (Wildman–Crippen LogP) is 1.09. The Morgan fingerprint density at radius 1 is 1.25 bits per heavy atom. The minimum atomic E-state index is -1.47. The van der Waals surface area contributed by atoms with Gasteiger partial charge in [0.2, 0.25) is 11.7 Å². The number of halogens is 3. The molecule has 3 N–H and O–H groups in total. The van der Waals surface area contributed by atoms with Crippen molar-refractivity contribution in [3.8, 4) is 5.75 Å². The molecule has 10 heteroatoms. The summed E-state index contributed by atoms with van der Waals surface area (Å²) in [7, 11) is 0.997. The van der Waals surface area contributed by atoms with E-state index in [0.29, 0.717) is 38.4 Å². The number of nitrogens with one attached hydrogen (secondary N) is 3. The van der Waals surface area contributed by atoms with Crippen LogP contribution in [0.5, 0.6) is 5.75 Å². The smallest absolute Gasteiger partial charge is 0.254 e. The molecule has 1 aromatic rings. The van der Waals surface area contributed by atoms with E-state index in [1.807, 2.05) is 6.92 Å². The average molecular weight is 400 g/mol. The first-order valence-electron chi connectivity index (χ1n) is 9.12. The molecule has 0 bridgehead atoms. The molecular weight excluding hydrogens is 377 g/mol. The minimum Gasteiger partial charge on any atom is -0.491 e. The number of piperidine rings is 1. The molecule has 0 spiro atoms. The molecule has 28 heavy (non-hydrogen) atoms. The van der Waals surface area contributed by atoms with Crippen molar-refractivity contribution in [3.63, 3.8) is 0 Å². The lowest BCUT2D eigenvalue weighted by molar-refractivity contribution is -0.127. The Morgan fingerprint density at radius 2 is 1.93 bits per heavy atom. The Morgan fingerprint density at radius 3 is 2.54 bits per heavy atom. The topological polar surface area (TPSA) is 82.7 Å². The van der Waals surface area contributed by atoms with E-state index in [-0.39, 0.29) is 24.3 Å². The Labute approximate surface area is 160 Å². The highest BCUT2D eigenvalue weighted by Gasteiger charge is 2.31. The van der Waals surface area contributed by atoms with Gasteiger partial charge < -0.3 is 15.4 Å². The normalized spacial score (nSPS) is 24.0. The zero-order valence-electron chi connectivity index (χ0n) is 15.7. The van der Waals surface area contributed by atoms with Crippen molar-refractivity contribution in [2.75, 3.05) is 20.2 Å². The van der Waals surface area contributed by atoms with Gasteiger partial charge in [-0.05, 0) is 25.8 Å². The lowest BCUT2D eigenvalue weighted by Gasteiger charge is -2.41. The number of carbonyl (C=O) groups is 2. The van der Waals surface area contributed by atoms with E-state index in [1.54, 1.807) is 0 Å². The van der Waals surface area contributed by atoms with Crippen LogP contribution in [0.3, 0.4) is 0 Å². The molecule has 2 amide bonds. The number of amides is 2. The van der Waals surface area contributed by atoms with Crippen LogP contribution in [0.4, 0.5) is 13.2 Å². The second-order valence-electron chi connectivity index (χ2n) is 7.09. The lowest BCUT2D eigenvalue weighted by atomic mass is 10.0. The Balaban J connectivity index is 1.60. The standard InChI is InChI=1S/C18H23F3N4O3/c1-9-7-13(26)24-18(22-9)25-5-3-10(4-6-25)23-17(27)11-8-12(19)15(21)16(28-2)14(11)20/h8-10,18,22H,3-7H2,1-2H3,(H,23,27)(H,24,26). The predicted molar refractivity (Wildman–Crippen MR) is 94.1 cm³/mol. The second kappa shape index (κ2) is 8.36. The van der Waals surface area contributed by atoms with Crippen LogP contribution in [0.2, 0.25) is 0 Å². The Kier molecular flexibility index (Phi) is 6.09. The van der Waals surface area contributed by atoms with Gasteiger partial charge in [0.1, 0.15) is 6.29 Å². The molecule has 3 rings (SSSR count). The zero-order chi connectivity index (χ0) is 20.4. The van der Waals surface area contributed by atoms with E-state index in [1.165, 1.54) is 0 Å². The summed E-state index contributed by atoms with van der Waals surface area (Å²) < 4.78 is 45.9. The van der Waals surface area contributed by atoms with Crippen LogP contribution in [-0.2, 0) is 4.79 Å². The van der Waals surface area contributed by atoms with Crippen LogP contribution in [0, 0.1) is 17.5 Å². The zero-order valence-corrected chi connectivity index (χ0v) is 15.7. The maximum atomic E-state index is 14.2. The monoisotopic (exact) mass is 400 g/mol. The molecule has 1 aromatic carbocycles. The summed E-state index contributed by atoms with van der Waals surface area (Å²) in [4.78, 5) is 26.1. The van der Waals surface area contributed by atoms with E-state index in [9.17, 15) is 22.8 Å². The molecule has 2 saturated heterocycles. The second-order valence-corrected chi connectivity index (χ2v) is 7.09. The summed E-state index contributed by atoms with van der Waals surface area (Å²) in [5.74, 6) is -5.83. The van der Waals surface area contributed by atoms with Gasteiger partial charge in [0.25, 0.3) is 5.91 Å². The molecule has 0 aliphatic carbocycles. The first kappa shape index (κ1) is 20.4.